The molecule has 2 aromatic rings. The molecule has 3 aliphatic rings. The molecule has 1 aromatic heterocycles. The van der Waals surface area contributed by atoms with Crippen molar-refractivity contribution in [2.45, 2.75) is 44.9 Å². The standard InChI is InChI=1S/C22H28N6O3/c23-18-19-24-21(31-14-17-7-4-10-30-17)26-20(18)28(22(29)25-19)13-16-6-3-5-15(11-16)12-27-8-1-2-9-27/h3,5-6,11,17H,1-2,4,7-10,12-14,23H2,(H,24,25,26,29). The molecule has 1 unspecified atom stereocenters. The molecule has 2 fully saturated rings. The first-order chi connectivity index (χ1) is 15.2. The molecule has 0 saturated carbocycles. The largest absolute Gasteiger partial charge is 0.462 e. The van der Waals surface area contributed by atoms with Crippen LogP contribution >= 0.6 is 0 Å². The highest BCUT2D eigenvalue weighted by molar-refractivity contribution is 5.98. The highest BCUT2D eigenvalue weighted by Gasteiger charge is 2.24. The van der Waals surface area contributed by atoms with Gasteiger partial charge < -0.3 is 15.2 Å². The van der Waals surface area contributed by atoms with Gasteiger partial charge in [0, 0.05) is 13.2 Å². The molecule has 2 saturated heterocycles. The minimum Gasteiger partial charge on any atom is -0.462 e. The van der Waals surface area contributed by atoms with Gasteiger partial charge in [0.1, 0.15) is 12.3 Å². The Morgan fingerprint density at radius 3 is 2.77 bits per heavy atom. The van der Waals surface area contributed by atoms with Gasteiger partial charge >= 0.3 is 5.69 Å². The maximum Gasteiger partial charge on any atom is 0.351 e. The Bertz CT molecular complexity index is 1040. The lowest BCUT2D eigenvalue weighted by Crippen LogP contribution is -2.32. The van der Waals surface area contributed by atoms with E-state index in [2.05, 4.69) is 32.3 Å². The van der Waals surface area contributed by atoms with E-state index in [1.54, 1.807) is 0 Å². The highest BCUT2D eigenvalue weighted by Crippen LogP contribution is 2.31. The number of aliphatic imine (C=N–C) groups is 1. The number of ether oxygens (including phenoxy) is 2. The number of nitrogens with one attached hydrogen (secondary N) is 1. The van der Waals surface area contributed by atoms with E-state index < -0.39 is 5.69 Å². The number of nitrogens with two attached hydrogens (primary N) is 1. The highest BCUT2D eigenvalue weighted by atomic mass is 16.5. The molecule has 0 amide bonds. The van der Waals surface area contributed by atoms with Crippen LogP contribution in [0.4, 0.5) is 17.3 Å². The van der Waals surface area contributed by atoms with Crippen molar-refractivity contribution in [3.05, 3.63) is 45.9 Å². The van der Waals surface area contributed by atoms with Crippen LogP contribution < -0.4 is 16.7 Å². The summed E-state index contributed by atoms with van der Waals surface area (Å²) in [5.74, 6) is 0.664. The molecule has 1 aromatic carbocycles. The third-order valence-corrected chi connectivity index (χ3v) is 5.99. The first kappa shape index (κ1) is 20.0. The topological polar surface area (TPSA) is 107 Å². The smallest absolute Gasteiger partial charge is 0.351 e. The molecule has 9 nitrogen and oxygen atoms in total. The van der Waals surface area contributed by atoms with Crippen molar-refractivity contribution in [3.8, 4) is 0 Å². The number of nitrogen functional groups attached to an aromatic ring is 1. The first-order valence-corrected chi connectivity index (χ1v) is 11.0. The average molecular weight is 425 g/mol. The summed E-state index contributed by atoms with van der Waals surface area (Å²) in [6.07, 6.45) is 4.60. The monoisotopic (exact) mass is 424 g/mol. The van der Waals surface area contributed by atoms with E-state index in [1.165, 1.54) is 23.0 Å². The molecule has 31 heavy (non-hydrogen) atoms. The van der Waals surface area contributed by atoms with Gasteiger partial charge in [0.05, 0.1) is 12.6 Å². The summed E-state index contributed by atoms with van der Waals surface area (Å²) in [6, 6.07) is 8.60. The van der Waals surface area contributed by atoms with Crippen LogP contribution in [0.2, 0.25) is 0 Å². The zero-order chi connectivity index (χ0) is 21.2. The number of rotatable bonds is 6. The fourth-order valence-electron chi connectivity index (χ4n) is 4.37. The number of likely N-dealkylation sites (tertiary alicyclic amines) is 1. The van der Waals surface area contributed by atoms with Crippen LogP contribution in [0, 0.1) is 0 Å². The van der Waals surface area contributed by atoms with E-state index in [0.717, 1.165) is 44.6 Å². The molecule has 1 atom stereocenters. The number of aromatic nitrogens is 2. The number of benzene rings is 1. The maximum atomic E-state index is 12.7. The predicted octanol–water partition coefficient (Wildman–Crippen LogP) is 2.08. The summed E-state index contributed by atoms with van der Waals surface area (Å²) in [5, 5.41) is 2.91. The van der Waals surface area contributed by atoms with Gasteiger partial charge in [-0.05, 0) is 49.9 Å². The Kier molecular flexibility index (Phi) is 5.61. The van der Waals surface area contributed by atoms with Gasteiger partial charge in [-0.2, -0.15) is 9.98 Å². The Morgan fingerprint density at radius 2 is 2.00 bits per heavy atom. The Balaban J connectivity index is 1.36. The Morgan fingerprint density at radius 1 is 1.19 bits per heavy atom. The molecule has 3 N–H and O–H groups in total. The zero-order valence-corrected chi connectivity index (χ0v) is 17.5. The van der Waals surface area contributed by atoms with Crippen LogP contribution in [0.5, 0.6) is 0 Å². The molecular formula is C22H28N6O3. The second-order valence-electron chi connectivity index (χ2n) is 8.36. The van der Waals surface area contributed by atoms with Crippen LogP contribution in [-0.2, 0) is 22.6 Å². The lowest BCUT2D eigenvalue weighted by molar-refractivity contribution is 0.0638. The molecule has 0 spiro atoms. The van der Waals surface area contributed by atoms with Crippen LogP contribution in [0.25, 0.3) is 0 Å². The van der Waals surface area contributed by atoms with E-state index in [4.69, 9.17) is 15.2 Å². The molecular weight excluding hydrogens is 396 g/mol. The minimum absolute atomic E-state index is 0.0654. The summed E-state index contributed by atoms with van der Waals surface area (Å²) in [5.41, 5.74) is 8.42. The summed E-state index contributed by atoms with van der Waals surface area (Å²) in [6.45, 7) is 4.73. The third-order valence-electron chi connectivity index (χ3n) is 5.99. The molecule has 5 rings (SSSR count). The van der Waals surface area contributed by atoms with Gasteiger partial charge in [0.2, 0.25) is 0 Å². The Hall–Kier alpha value is -2.91. The SMILES string of the molecule is Nc1c2nc(=O)n(Cc3cccc(CN4CCCC4)c3)c1N=C(OCC1CCCO1)N2. The van der Waals surface area contributed by atoms with Gasteiger partial charge in [0.15, 0.2) is 11.6 Å². The third kappa shape index (κ3) is 4.42. The van der Waals surface area contributed by atoms with Crippen LogP contribution in [0.1, 0.15) is 36.8 Å². The van der Waals surface area contributed by atoms with Crippen molar-refractivity contribution in [1.82, 2.24) is 14.5 Å². The van der Waals surface area contributed by atoms with Crippen LogP contribution in [0.15, 0.2) is 34.1 Å². The molecule has 164 valence electrons. The molecule has 4 heterocycles. The van der Waals surface area contributed by atoms with E-state index >= 15 is 0 Å². The first-order valence-electron chi connectivity index (χ1n) is 11.0. The second kappa shape index (κ2) is 8.68. The zero-order valence-electron chi connectivity index (χ0n) is 17.5. The van der Waals surface area contributed by atoms with Gasteiger partial charge in [-0.25, -0.2) is 4.79 Å². The van der Waals surface area contributed by atoms with Crippen molar-refractivity contribution < 1.29 is 9.47 Å². The quantitative estimate of drug-likeness (QED) is 0.731. The summed E-state index contributed by atoms with van der Waals surface area (Å²) in [4.78, 5) is 23.7. The van der Waals surface area contributed by atoms with E-state index in [0.29, 0.717) is 30.7 Å². The van der Waals surface area contributed by atoms with Gasteiger partial charge in [-0.1, -0.05) is 24.3 Å². The molecule has 3 aliphatic heterocycles. The van der Waals surface area contributed by atoms with Crippen LogP contribution in [-0.4, -0.2) is 52.9 Å². The Labute approximate surface area is 180 Å². The number of anilines is 2. The molecule has 0 aliphatic carbocycles. The van der Waals surface area contributed by atoms with E-state index in [9.17, 15) is 4.79 Å². The van der Waals surface area contributed by atoms with Crippen molar-refractivity contribution in [2.75, 3.05) is 37.4 Å². The van der Waals surface area contributed by atoms with Gasteiger partial charge in [-0.15, -0.1) is 0 Å². The molecule has 0 radical (unpaired) electrons. The normalized spacial score (nSPS) is 20.5. The lowest BCUT2D eigenvalue weighted by atomic mass is 10.1. The second-order valence-corrected chi connectivity index (χ2v) is 8.36. The van der Waals surface area contributed by atoms with Crippen molar-refractivity contribution >= 4 is 23.3 Å². The fourth-order valence-corrected chi connectivity index (χ4v) is 4.37. The molecule has 2 bridgehead atoms. The van der Waals surface area contributed by atoms with Gasteiger partial charge in [-0.3, -0.25) is 14.8 Å². The fraction of sp³-hybridized carbons (Fsp3) is 0.500. The molecule has 9 heteroatoms. The lowest BCUT2D eigenvalue weighted by Gasteiger charge is -2.22. The summed E-state index contributed by atoms with van der Waals surface area (Å²) >= 11 is 0. The average Bonchev–Trinajstić information content (AvgIpc) is 3.46. The van der Waals surface area contributed by atoms with Crippen LogP contribution in [0.3, 0.4) is 0 Å². The van der Waals surface area contributed by atoms with E-state index in [-0.39, 0.29) is 11.9 Å². The van der Waals surface area contributed by atoms with Gasteiger partial charge in [0.25, 0.3) is 6.02 Å². The number of nitrogens with zero attached hydrogens (tertiary/aromatic N) is 4. The summed E-state index contributed by atoms with van der Waals surface area (Å²) in [7, 11) is 0. The van der Waals surface area contributed by atoms with E-state index in [1.807, 2.05) is 12.1 Å². The summed E-state index contributed by atoms with van der Waals surface area (Å²) < 4.78 is 12.9. The predicted molar refractivity (Wildman–Crippen MR) is 119 cm³/mol. The number of hydrogen-bond donors (Lipinski definition) is 2. The number of amidine groups is 1. The minimum atomic E-state index is -0.390. The number of fused-ring (bicyclic) bond motifs is 2. The van der Waals surface area contributed by atoms with Crippen molar-refractivity contribution in [3.63, 3.8) is 0 Å². The maximum absolute atomic E-state index is 12.7. The van der Waals surface area contributed by atoms with Crippen molar-refractivity contribution in [2.24, 2.45) is 4.99 Å². The van der Waals surface area contributed by atoms with Crippen molar-refractivity contribution in [1.29, 1.82) is 0 Å². The number of hydrogen-bond acceptors (Lipinski definition) is 8.